The maximum absolute atomic E-state index is 12.8. The van der Waals surface area contributed by atoms with Gasteiger partial charge in [-0.3, -0.25) is 4.79 Å². The molecule has 1 N–H and O–H groups in total. The van der Waals surface area contributed by atoms with Gasteiger partial charge in [0.15, 0.2) is 0 Å². The molecule has 0 bridgehead atoms. The molecule has 21 heavy (non-hydrogen) atoms. The summed E-state index contributed by atoms with van der Waals surface area (Å²) in [4.78, 5) is 19.1. The van der Waals surface area contributed by atoms with Gasteiger partial charge in [-0.05, 0) is 43.4 Å². The fraction of sp³-hybridized carbons (Fsp3) is 0.625. The van der Waals surface area contributed by atoms with Crippen LogP contribution >= 0.6 is 0 Å². The lowest BCUT2D eigenvalue weighted by atomic mass is 9.97. The van der Waals surface area contributed by atoms with Gasteiger partial charge in [-0.15, -0.1) is 0 Å². The summed E-state index contributed by atoms with van der Waals surface area (Å²) < 4.78 is 5.37. The van der Waals surface area contributed by atoms with Crippen molar-refractivity contribution in [1.29, 1.82) is 0 Å². The smallest absolute Gasteiger partial charge is 0.226 e. The van der Waals surface area contributed by atoms with Gasteiger partial charge < -0.3 is 15.0 Å². The van der Waals surface area contributed by atoms with Gasteiger partial charge in [0.1, 0.15) is 5.82 Å². The van der Waals surface area contributed by atoms with E-state index in [9.17, 15) is 4.79 Å². The van der Waals surface area contributed by atoms with E-state index in [-0.39, 0.29) is 12.0 Å². The largest absolute Gasteiger partial charge is 0.381 e. The van der Waals surface area contributed by atoms with Crippen molar-refractivity contribution in [2.75, 3.05) is 32.1 Å². The van der Waals surface area contributed by atoms with Crippen LogP contribution < -0.4 is 5.32 Å². The van der Waals surface area contributed by atoms with Gasteiger partial charge in [0.25, 0.3) is 0 Å². The van der Waals surface area contributed by atoms with Crippen LogP contribution in [-0.2, 0) is 9.53 Å². The predicted molar refractivity (Wildman–Crippen MR) is 81.0 cm³/mol. The van der Waals surface area contributed by atoms with Gasteiger partial charge in [0, 0.05) is 38.9 Å². The molecule has 0 spiro atoms. The Balaban J connectivity index is 1.76. The van der Waals surface area contributed by atoms with Crippen molar-refractivity contribution in [2.45, 2.75) is 31.7 Å². The van der Waals surface area contributed by atoms with Crippen LogP contribution in [0, 0.1) is 5.92 Å². The Morgan fingerprint density at radius 3 is 2.95 bits per heavy atom. The van der Waals surface area contributed by atoms with Crippen LogP contribution in [0.4, 0.5) is 5.82 Å². The van der Waals surface area contributed by atoms with Crippen molar-refractivity contribution < 1.29 is 9.53 Å². The molecule has 1 amide bonds. The summed E-state index contributed by atoms with van der Waals surface area (Å²) in [7, 11) is 1.87. The van der Waals surface area contributed by atoms with Crippen molar-refractivity contribution in [2.24, 2.45) is 5.92 Å². The first kappa shape index (κ1) is 14.3. The number of carbonyl (C=O) groups is 1. The molecule has 0 radical (unpaired) electrons. The van der Waals surface area contributed by atoms with E-state index in [1.54, 1.807) is 0 Å². The molecule has 2 aliphatic heterocycles. The molecule has 3 rings (SSSR count). The first-order valence-electron chi connectivity index (χ1n) is 7.81. The van der Waals surface area contributed by atoms with Gasteiger partial charge in [-0.2, -0.15) is 0 Å². The Labute approximate surface area is 125 Å². The highest BCUT2D eigenvalue weighted by Gasteiger charge is 2.34. The monoisotopic (exact) mass is 289 g/mol. The number of nitrogens with one attached hydrogen (secondary N) is 1. The molecule has 2 aliphatic rings. The second-order valence-electron chi connectivity index (χ2n) is 5.80. The zero-order chi connectivity index (χ0) is 14.7. The fourth-order valence-corrected chi connectivity index (χ4v) is 3.35. The Morgan fingerprint density at radius 1 is 1.38 bits per heavy atom. The van der Waals surface area contributed by atoms with Crippen LogP contribution in [-0.4, -0.2) is 42.6 Å². The van der Waals surface area contributed by atoms with Crippen LogP contribution in [0.1, 0.15) is 37.3 Å². The van der Waals surface area contributed by atoms with E-state index in [4.69, 9.17) is 4.74 Å². The minimum absolute atomic E-state index is 0.143. The second kappa shape index (κ2) is 6.43. The SMILES string of the molecule is CNc1cc([C@H]2CCCN2C(=O)C2CCOCC2)ccn1. The van der Waals surface area contributed by atoms with Crippen molar-refractivity contribution >= 4 is 11.7 Å². The number of hydrogen-bond donors (Lipinski definition) is 1. The number of anilines is 1. The minimum Gasteiger partial charge on any atom is -0.381 e. The number of carbonyl (C=O) groups excluding carboxylic acids is 1. The van der Waals surface area contributed by atoms with Crippen molar-refractivity contribution in [3.8, 4) is 0 Å². The molecule has 0 saturated carbocycles. The van der Waals surface area contributed by atoms with Gasteiger partial charge in [-0.1, -0.05) is 0 Å². The van der Waals surface area contributed by atoms with Crippen LogP contribution in [0.15, 0.2) is 18.3 Å². The van der Waals surface area contributed by atoms with Gasteiger partial charge in [0.05, 0.1) is 6.04 Å². The molecule has 5 heteroatoms. The number of rotatable bonds is 3. The normalized spacial score (nSPS) is 23.3. The molecule has 5 nitrogen and oxygen atoms in total. The Kier molecular flexibility index (Phi) is 4.39. The molecule has 3 heterocycles. The molecular formula is C16H23N3O2. The molecule has 1 aromatic rings. The van der Waals surface area contributed by atoms with Crippen molar-refractivity contribution in [3.05, 3.63) is 23.9 Å². The summed E-state index contributed by atoms with van der Waals surface area (Å²) in [5, 5.41) is 3.07. The van der Waals surface area contributed by atoms with E-state index in [1.807, 2.05) is 19.3 Å². The number of ether oxygens (including phenoxy) is 1. The topological polar surface area (TPSA) is 54.5 Å². The van der Waals surface area contributed by atoms with Gasteiger partial charge >= 0.3 is 0 Å². The molecule has 2 fully saturated rings. The summed E-state index contributed by atoms with van der Waals surface area (Å²) in [6.07, 6.45) is 5.66. The number of hydrogen-bond acceptors (Lipinski definition) is 4. The maximum atomic E-state index is 12.8. The molecule has 0 aliphatic carbocycles. The van der Waals surface area contributed by atoms with E-state index in [1.165, 1.54) is 5.56 Å². The number of pyridine rings is 1. The summed E-state index contributed by atoms with van der Waals surface area (Å²) in [5.41, 5.74) is 1.19. The lowest BCUT2D eigenvalue weighted by Gasteiger charge is -2.31. The minimum atomic E-state index is 0.143. The molecular weight excluding hydrogens is 266 g/mol. The van der Waals surface area contributed by atoms with Gasteiger partial charge in [0.2, 0.25) is 5.91 Å². The molecule has 114 valence electrons. The zero-order valence-corrected chi connectivity index (χ0v) is 12.5. The third kappa shape index (κ3) is 3.02. The van der Waals surface area contributed by atoms with Crippen LogP contribution in [0.2, 0.25) is 0 Å². The number of likely N-dealkylation sites (tertiary alicyclic amines) is 1. The highest BCUT2D eigenvalue weighted by Crippen LogP contribution is 2.34. The Hall–Kier alpha value is -1.62. The average molecular weight is 289 g/mol. The van der Waals surface area contributed by atoms with Crippen molar-refractivity contribution in [1.82, 2.24) is 9.88 Å². The number of amides is 1. The summed E-state index contributed by atoms with van der Waals surface area (Å²) in [6, 6.07) is 4.29. The third-order valence-electron chi connectivity index (χ3n) is 4.53. The second-order valence-corrected chi connectivity index (χ2v) is 5.80. The average Bonchev–Trinajstić information content (AvgIpc) is 3.04. The van der Waals surface area contributed by atoms with Crippen LogP contribution in [0.5, 0.6) is 0 Å². The van der Waals surface area contributed by atoms with Crippen LogP contribution in [0.25, 0.3) is 0 Å². The lowest BCUT2D eigenvalue weighted by Crippen LogP contribution is -2.38. The highest BCUT2D eigenvalue weighted by molar-refractivity contribution is 5.79. The molecule has 1 aromatic heterocycles. The van der Waals surface area contributed by atoms with Gasteiger partial charge in [-0.25, -0.2) is 4.98 Å². The van der Waals surface area contributed by atoms with E-state index in [0.717, 1.165) is 38.0 Å². The summed E-state index contributed by atoms with van der Waals surface area (Å²) >= 11 is 0. The lowest BCUT2D eigenvalue weighted by molar-refractivity contribution is -0.139. The third-order valence-corrected chi connectivity index (χ3v) is 4.53. The zero-order valence-electron chi connectivity index (χ0n) is 12.5. The molecule has 0 aromatic carbocycles. The maximum Gasteiger partial charge on any atom is 0.226 e. The highest BCUT2D eigenvalue weighted by atomic mass is 16.5. The van der Waals surface area contributed by atoms with E-state index >= 15 is 0 Å². The van der Waals surface area contributed by atoms with Crippen molar-refractivity contribution in [3.63, 3.8) is 0 Å². The Bertz CT molecular complexity index is 500. The van der Waals surface area contributed by atoms with Crippen LogP contribution in [0.3, 0.4) is 0 Å². The molecule has 2 saturated heterocycles. The van der Waals surface area contributed by atoms with E-state index in [2.05, 4.69) is 21.3 Å². The molecule has 0 unspecified atom stereocenters. The fourth-order valence-electron chi connectivity index (χ4n) is 3.35. The number of aromatic nitrogens is 1. The first-order chi connectivity index (χ1) is 10.3. The van der Waals surface area contributed by atoms with E-state index in [0.29, 0.717) is 19.1 Å². The summed E-state index contributed by atoms with van der Waals surface area (Å²) in [5.74, 6) is 1.31. The first-order valence-corrected chi connectivity index (χ1v) is 7.81. The Morgan fingerprint density at radius 2 is 2.19 bits per heavy atom. The van der Waals surface area contributed by atoms with E-state index < -0.39 is 0 Å². The standard InChI is InChI=1S/C16H23N3O2/c1-17-15-11-13(4-7-18-15)14-3-2-8-19(14)16(20)12-5-9-21-10-6-12/h4,7,11-12,14H,2-3,5-6,8-10H2,1H3,(H,17,18)/t14-/m1/s1. The molecule has 1 atom stereocenters. The summed E-state index contributed by atoms with van der Waals surface area (Å²) in [6.45, 7) is 2.31. The number of nitrogens with zero attached hydrogens (tertiary/aromatic N) is 2. The quantitative estimate of drug-likeness (QED) is 0.927. The predicted octanol–water partition coefficient (Wildman–Crippen LogP) is 2.21.